The summed E-state index contributed by atoms with van der Waals surface area (Å²) < 4.78 is 5.83. The summed E-state index contributed by atoms with van der Waals surface area (Å²) in [5.74, 6) is -1.29. The van der Waals surface area contributed by atoms with Gasteiger partial charge in [0.05, 0.1) is 0 Å². The molecule has 4 nitrogen and oxygen atoms in total. The van der Waals surface area contributed by atoms with E-state index in [4.69, 9.17) is 16.3 Å². The zero-order chi connectivity index (χ0) is 21.5. The number of carbonyl (C=O) groups excluding carboxylic acids is 2. The third kappa shape index (κ3) is 5.71. The largest absolute Gasteiger partial charge is 0.550 e. The van der Waals surface area contributed by atoms with Crippen LogP contribution in [0, 0.1) is 6.92 Å². The van der Waals surface area contributed by atoms with E-state index in [1.54, 1.807) is 36.4 Å². The molecular formula is C25H22ClO4-. The molecule has 5 heteroatoms. The van der Waals surface area contributed by atoms with Crippen LogP contribution >= 0.6 is 11.6 Å². The molecule has 0 amide bonds. The fraction of sp³-hybridized carbons (Fsp3) is 0.200. The molecule has 0 aliphatic rings. The maximum Gasteiger partial charge on any atom is 0.170 e. The zero-order valence-corrected chi connectivity index (χ0v) is 17.4. The second-order valence-electron chi connectivity index (χ2n) is 7.13. The molecule has 0 saturated heterocycles. The summed E-state index contributed by atoms with van der Waals surface area (Å²) in [4.78, 5) is 24.3. The van der Waals surface area contributed by atoms with E-state index in [2.05, 4.69) is 0 Å². The summed E-state index contributed by atoms with van der Waals surface area (Å²) in [5, 5.41) is 11.7. The highest BCUT2D eigenvalue weighted by Crippen LogP contribution is 2.29. The number of aliphatic carboxylic acids is 1. The number of carboxylic acid groups (broad SMARTS) is 1. The maximum absolute atomic E-state index is 13.3. The van der Waals surface area contributed by atoms with Crippen molar-refractivity contribution in [2.45, 2.75) is 32.3 Å². The summed E-state index contributed by atoms with van der Waals surface area (Å²) in [5.41, 5.74) is 3.22. The monoisotopic (exact) mass is 421 g/mol. The average Bonchev–Trinajstić information content (AvgIpc) is 2.74. The number of ketones is 1. The smallest absolute Gasteiger partial charge is 0.170 e. The third-order valence-electron chi connectivity index (χ3n) is 4.95. The zero-order valence-electron chi connectivity index (χ0n) is 16.6. The number of benzene rings is 3. The Bertz CT molecular complexity index is 1030. The number of ether oxygens (including phenoxy) is 1. The Morgan fingerprint density at radius 2 is 1.73 bits per heavy atom. The molecule has 3 rings (SSSR count). The van der Waals surface area contributed by atoms with Crippen molar-refractivity contribution >= 4 is 23.4 Å². The van der Waals surface area contributed by atoms with Crippen LogP contribution in [-0.4, -0.2) is 11.8 Å². The standard InChI is InChI=1S/C25H23ClO4/c1-17-5-2-3-8-22(17)23(13-14-24(27)28)25(29)19-6-4-7-21(15-19)30-16-18-9-11-20(26)12-10-18/h2-12,15,23H,13-14,16H2,1H3,(H,27,28)/p-1. The van der Waals surface area contributed by atoms with Gasteiger partial charge < -0.3 is 14.6 Å². The van der Waals surface area contributed by atoms with Crippen LogP contribution in [0.1, 0.15) is 45.8 Å². The fourth-order valence-corrected chi connectivity index (χ4v) is 3.48. The molecule has 0 radical (unpaired) electrons. The van der Waals surface area contributed by atoms with Crippen LogP contribution < -0.4 is 9.84 Å². The van der Waals surface area contributed by atoms with Crippen LogP contribution in [0.5, 0.6) is 5.75 Å². The highest BCUT2D eigenvalue weighted by molar-refractivity contribution is 6.30. The predicted molar refractivity (Wildman–Crippen MR) is 115 cm³/mol. The summed E-state index contributed by atoms with van der Waals surface area (Å²) >= 11 is 5.90. The topological polar surface area (TPSA) is 66.4 Å². The minimum Gasteiger partial charge on any atom is -0.550 e. The van der Waals surface area contributed by atoms with Gasteiger partial charge in [0.1, 0.15) is 12.4 Å². The normalized spacial score (nSPS) is 11.7. The van der Waals surface area contributed by atoms with Crippen LogP contribution in [0.4, 0.5) is 0 Å². The van der Waals surface area contributed by atoms with Gasteiger partial charge >= 0.3 is 0 Å². The van der Waals surface area contributed by atoms with Crippen molar-refractivity contribution in [2.24, 2.45) is 0 Å². The molecule has 0 aliphatic carbocycles. The highest BCUT2D eigenvalue weighted by atomic mass is 35.5. The van der Waals surface area contributed by atoms with Crippen molar-refractivity contribution in [1.29, 1.82) is 0 Å². The molecule has 3 aromatic rings. The Morgan fingerprint density at radius 3 is 2.43 bits per heavy atom. The van der Waals surface area contributed by atoms with Crippen molar-refractivity contribution in [2.75, 3.05) is 0 Å². The molecule has 0 bridgehead atoms. The van der Waals surface area contributed by atoms with Crippen LogP contribution in [0.15, 0.2) is 72.8 Å². The Balaban J connectivity index is 1.80. The molecule has 30 heavy (non-hydrogen) atoms. The second kappa shape index (κ2) is 10.1. The van der Waals surface area contributed by atoms with Gasteiger partial charge in [-0.1, -0.05) is 60.1 Å². The lowest BCUT2D eigenvalue weighted by Gasteiger charge is -2.19. The van der Waals surface area contributed by atoms with Crippen LogP contribution in [-0.2, 0) is 11.4 Å². The Hall–Kier alpha value is -3.11. The van der Waals surface area contributed by atoms with Gasteiger partial charge in [-0.2, -0.15) is 0 Å². The van der Waals surface area contributed by atoms with Gasteiger partial charge in [-0.25, -0.2) is 0 Å². The molecule has 154 valence electrons. The van der Waals surface area contributed by atoms with E-state index in [0.29, 0.717) is 22.9 Å². The first-order valence-corrected chi connectivity index (χ1v) is 10.1. The van der Waals surface area contributed by atoms with Crippen molar-refractivity contribution in [3.63, 3.8) is 0 Å². The molecule has 3 aromatic carbocycles. The predicted octanol–water partition coefficient (Wildman–Crippen LogP) is 4.72. The van der Waals surface area contributed by atoms with Gasteiger partial charge in [-0.05, 0) is 60.7 Å². The lowest BCUT2D eigenvalue weighted by Crippen LogP contribution is -2.24. The lowest BCUT2D eigenvalue weighted by molar-refractivity contribution is -0.305. The van der Waals surface area contributed by atoms with Crippen LogP contribution in [0.3, 0.4) is 0 Å². The number of Topliss-reactive ketones (excluding diaryl/α,β-unsaturated/α-hetero) is 1. The van der Waals surface area contributed by atoms with E-state index >= 15 is 0 Å². The van der Waals surface area contributed by atoms with E-state index < -0.39 is 11.9 Å². The Morgan fingerprint density at radius 1 is 1.00 bits per heavy atom. The SMILES string of the molecule is Cc1ccccc1C(CCC(=O)[O-])C(=O)c1cccc(OCc2ccc(Cl)cc2)c1. The van der Waals surface area contributed by atoms with Crippen molar-refractivity contribution < 1.29 is 19.4 Å². The quantitative estimate of drug-likeness (QED) is 0.469. The molecule has 0 saturated carbocycles. The first kappa shape index (κ1) is 21.6. The number of carbonyl (C=O) groups is 2. The molecule has 0 aliphatic heterocycles. The molecule has 0 N–H and O–H groups in total. The maximum atomic E-state index is 13.3. The average molecular weight is 422 g/mol. The number of aryl methyl sites for hydroxylation is 1. The minimum atomic E-state index is -1.17. The number of hydrogen-bond donors (Lipinski definition) is 0. The molecule has 0 spiro atoms. The van der Waals surface area contributed by atoms with Gasteiger partial charge in [0.2, 0.25) is 0 Å². The number of carboxylic acids is 1. The number of hydrogen-bond acceptors (Lipinski definition) is 4. The summed E-state index contributed by atoms with van der Waals surface area (Å²) in [6.45, 7) is 2.26. The van der Waals surface area contributed by atoms with Gasteiger partial charge in [-0.3, -0.25) is 4.79 Å². The van der Waals surface area contributed by atoms with Crippen molar-refractivity contribution in [3.05, 3.63) is 100 Å². The van der Waals surface area contributed by atoms with E-state index in [1.807, 2.05) is 43.3 Å². The summed E-state index contributed by atoms with van der Waals surface area (Å²) in [6, 6.07) is 21.9. The fourth-order valence-electron chi connectivity index (χ4n) is 3.36. The Labute approximate surface area is 181 Å². The van der Waals surface area contributed by atoms with Gasteiger partial charge in [0.25, 0.3) is 0 Å². The summed E-state index contributed by atoms with van der Waals surface area (Å²) in [7, 11) is 0. The molecule has 1 unspecified atom stereocenters. The Kier molecular flexibility index (Phi) is 7.26. The highest BCUT2D eigenvalue weighted by Gasteiger charge is 2.23. The lowest BCUT2D eigenvalue weighted by atomic mass is 9.85. The van der Waals surface area contributed by atoms with E-state index in [0.717, 1.165) is 16.7 Å². The molecular weight excluding hydrogens is 400 g/mol. The minimum absolute atomic E-state index is 0.137. The first-order chi connectivity index (χ1) is 14.4. The molecule has 0 heterocycles. The number of halogens is 1. The van der Waals surface area contributed by atoms with Crippen LogP contribution in [0.2, 0.25) is 5.02 Å². The molecule has 0 fully saturated rings. The summed E-state index contributed by atoms with van der Waals surface area (Å²) in [6.07, 6.45) is -0.000617. The van der Waals surface area contributed by atoms with E-state index in [-0.39, 0.29) is 18.6 Å². The number of rotatable bonds is 9. The van der Waals surface area contributed by atoms with Crippen molar-refractivity contribution in [3.8, 4) is 5.75 Å². The second-order valence-corrected chi connectivity index (χ2v) is 7.56. The van der Waals surface area contributed by atoms with E-state index in [1.165, 1.54) is 0 Å². The van der Waals surface area contributed by atoms with Gasteiger partial charge in [0.15, 0.2) is 5.78 Å². The molecule has 1 atom stereocenters. The third-order valence-corrected chi connectivity index (χ3v) is 5.21. The van der Waals surface area contributed by atoms with Gasteiger partial charge in [-0.15, -0.1) is 0 Å². The van der Waals surface area contributed by atoms with E-state index in [9.17, 15) is 14.7 Å². The van der Waals surface area contributed by atoms with Crippen molar-refractivity contribution in [1.82, 2.24) is 0 Å². The molecule has 0 aromatic heterocycles. The van der Waals surface area contributed by atoms with Crippen LogP contribution in [0.25, 0.3) is 0 Å². The first-order valence-electron chi connectivity index (χ1n) is 9.71. The van der Waals surface area contributed by atoms with Gasteiger partial charge in [0, 0.05) is 22.5 Å².